The number of rotatable bonds is 3. The zero-order valence-corrected chi connectivity index (χ0v) is 10.8. The van der Waals surface area contributed by atoms with Gasteiger partial charge >= 0.3 is 0 Å². The molecule has 0 amide bonds. The molecule has 1 aromatic rings. The second kappa shape index (κ2) is 4.72. The summed E-state index contributed by atoms with van der Waals surface area (Å²) in [5.41, 5.74) is -0.0395. The van der Waals surface area contributed by atoms with Gasteiger partial charge in [-0.25, -0.2) is 4.98 Å². The van der Waals surface area contributed by atoms with E-state index in [-0.39, 0.29) is 5.56 Å². The van der Waals surface area contributed by atoms with Gasteiger partial charge in [-0.2, -0.15) is 0 Å². The number of hydrogen-bond acceptors (Lipinski definition) is 4. The van der Waals surface area contributed by atoms with Crippen LogP contribution in [0.1, 0.15) is 37.4 Å². The van der Waals surface area contributed by atoms with Crippen molar-refractivity contribution in [1.82, 2.24) is 14.9 Å². The van der Waals surface area contributed by atoms with E-state index in [9.17, 15) is 4.79 Å². The van der Waals surface area contributed by atoms with E-state index < -0.39 is 0 Å². The standard InChI is InChI=1S/C13H20N4O/c1-17-6-4-10(5-7-17)14-11-8-12(18)16-13(15-11)9-2-3-9/h8-10H,2-7H2,1H3,(H2,14,15,16,18). The Bertz CT molecular complexity index is 472. The summed E-state index contributed by atoms with van der Waals surface area (Å²) in [5.74, 6) is 2.09. The highest BCUT2D eigenvalue weighted by Crippen LogP contribution is 2.37. The van der Waals surface area contributed by atoms with Crippen LogP contribution in [0.25, 0.3) is 0 Å². The largest absolute Gasteiger partial charge is 0.367 e. The number of aromatic amines is 1. The number of piperidine rings is 1. The summed E-state index contributed by atoms with van der Waals surface area (Å²) >= 11 is 0. The molecule has 18 heavy (non-hydrogen) atoms. The second-order valence-electron chi connectivity index (χ2n) is 5.51. The molecule has 2 heterocycles. The van der Waals surface area contributed by atoms with E-state index in [1.54, 1.807) is 6.07 Å². The van der Waals surface area contributed by atoms with Crippen LogP contribution >= 0.6 is 0 Å². The van der Waals surface area contributed by atoms with E-state index in [1.807, 2.05) is 0 Å². The number of likely N-dealkylation sites (tertiary alicyclic amines) is 1. The van der Waals surface area contributed by atoms with Crippen LogP contribution in [-0.4, -0.2) is 41.0 Å². The smallest absolute Gasteiger partial charge is 0.252 e. The van der Waals surface area contributed by atoms with Gasteiger partial charge in [0.2, 0.25) is 0 Å². The molecule has 0 atom stereocenters. The third kappa shape index (κ3) is 2.72. The summed E-state index contributed by atoms with van der Waals surface area (Å²) in [6.45, 7) is 2.21. The van der Waals surface area contributed by atoms with Gasteiger partial charge in [0, 0.05) is 18.0 Å². The third-order valence-corrected chi connectivity index (χ3v) is 3.79. The lowest BCUT2D eigenvalue weighted by Crippen LogP contribution is -2.37. The number of hydrogen-bond donors (Lipinski definition) is 2. The van der Waals surface area contributed by atoms with Gasteiger partial charge in [-0.15, -0.1) is 0 Å². The van der Waals surface area contributed by atoms with Crippen molar-refractivity contribution in [2.24, 2.45) is 0 Å². The first kappa shape index (κ1) is 11.7. The Morgan fingerprint density at radius 2 is 2.06 bits per heavy atom. The first-order chi connectivity index (χ1) is 8.70. The monoisotopic (exact) mass is 248 g/mol. The number of nitrogens with zero attached hydrogens (tertiary/aromatic N) is 2. The Labute approximate surface area is 107 Å². The predicted molar refractivity (Wildman–Crippen MR) is 71.0 cm³/mol. The summed E-state index contributed by atoms with van der Waals surface area (Å²) < 4.78 is 0. The first-order valence-corrected chi connectivity index (χ1v) is 6.77. The van der Waals surface area contributed by atoms with Crippen LogP contribution in [-0.2, 0) is 0 Å². The summed E-state index contributed by atoms with van der Waals surface area (Å²) in [5, 5.41) is 3.41. The third-order valence-electron chi connectivity index (χ3n) is 3.79. The van der Waals surface area contributed by atoms with Gasteiger partial charge in [0.05, 0.1) is 0 Å². The van der Waals surface area contributed by atoms with Gasteiger partial charge < -0.3 is 15.2 Å². The fourth-order valence-electron chi connectivity index (χ4n) is 2.46. The summed E-state index contributed by atoms with van der Waals surface area (Å²) in [7, 11) is 2.15. The lowest BCUT2D eigenvalue weighted by Gasteiger charge is -2.29. The van der Waals surface area contributed by atoms with Crippen LogP contribution in [0.2, 0.25) is 0 Å². The van der Waals surface area contributed by atoms with Crippen LogP contribution in [0.3, 0.4) is 0 Å². The Kier molecular flexibility index (Phi) is 3.07. The predicted octanol–water partition coefficient (Wildman–Crippen LogP) is 1.15. The van der Waals surface area contributed by atoms with Crippen LogP contribution in [0.4, 0.5) is 5.82 Å². The molecule has 2 fully saturated rings. The highest BCUT2D eigenvalue weighted by Gasteiger charge is 2.26. The molecule has 5 heteroatoms. The van der Waals surface area contributed by atoms with Crippen molar-refractivity contribution in [3.8, 4) is 0 Å². The average molecular weight is 248 g/mol. The quantitative estimate of drug-likeness (QED) is 0.842. The molecule has 1 aromatic heterocycles. The maximum Gasteiger partial charge on any atom is 0.252 e. The van der Waals surface area contributed by atoms with E-state index >= 15 is 0 Å². The normalized spacial score (nSPS) is 22.1. The zero-order chi connectivity index (χ0) is 12.5. The molecule has 0 aromatic carbocycles. The molecule has 0 spiro atoms. The highest BCUT2D eigenvalue weighted by molar-refractivity contribution is 5.35. The molecule has 0 unspecified atom stereocenters. The molecule has 1 saturated heterocycles. The van der Waals surface area contributed by atoms with Crippen LogP contribution in [0.15, 0.2) is 10.9 Å². The topological polar surface area (TPSA) is 61.0 Å². The van der Waals surface area contributed by atoms with Crippen molar-refractivity contribution in [3.63, 3.8) is 0 Å². The molecule has 1 saturated carbocycles. The van der Waals surface area contributed by atoms with Crippen LogP contribution in [0, 0.1) is 0 Å². The van der Waals surface area contributed by atoms with Gasteiger partial charge in [-0.1, -0.05) is 0 Å². The number of aromatic nitrogens is 2. The molecule has 1 aliphatic heterocycles. The summed E-state index contributed by atoms with van der Waals surface area (Å²) in [6, 6.07) is 2.02. The number of H-pyrrole nitrogens is 1. The summed E-state index contributed by atoms with van der Waals surface area (Å²) in [4.78, 5) is 21.3. The SMILES string of the molecule is CN1CCC(Nc2cc(=O)[nH]c(C3CC3)n2)CC1. The van der Waals surface area contributed by atoms with E-state index in [2.05, 4.69) is 27.2 Å². The molecular formula is C13H20N4O. The van der Waals surface area contributed by atoms with E-state index in [4.69, 9.17) is 0 Å². The number of anilines is 1. The Balaban J connectivity index is 1.70. The van der Waals surface area contributed by atoms with Gasteiger partial charge in [-0.05, 0) is 45.8 Å². The Morgan fingerprint density at radius 1 is 1.33 bits per heavy atom. The first-order valence-electron chi connectivity index (χ1n) is 6.77. The van der Waals surface area contributed by atoms with E-state index in [0.717, 1.165) is 50.4 Å². The zero-order valence-electron chi connectivity index (χ0n) is 10.8. The fourth-order valence-corrected chi connectivity index (χ4v) is 2.46. The van der Waals surface area contributed by atoms with Crippen molar-refractivity contribution in [1.29, 1.82) is 0 Å². The molecule has 3 rings (SSSR count). The lowest BCUT2D eigenvalue weighted by molar-refractivity contribution is 0.263. The fraction of sp³-hybridized carbons (Fsp3) is 0.692. The van der Waals surface area contributed by atoms with E-state index in [0.29, 0.717) is 12.0 Å². The van der Waals surface area contributed by atoms with Crippen LogP contribution < -0.4 is 10.9 Å². The minimum atomic E-state index is -0.0395. The molecular weight excluding hydrogens is 228 g/mol. The molecule has 1 aliphatic carbocycles. The second-order valence-corrected chi connectivity index (χ2v) is 5.51. The minimum absolute atomic E-state index is 0.0395. The molecule has 5 nitrogen and oxygen atoms in total. The Hall–Kier alpha value is -1.36. The van der Waals surface area contributed by atoms with Crippen molar-refractivity contribution >= 4 is 5.82 Å². The molecule has 98 valence electrons. The van der Waals surface area contributed by atoms with Crippen molar-refractivity contribution in [3.05, 3.63) is 22.2 Å². The lowest BCUT2D eigenvalue weighted by atomic mass is 10.1. The van der Waals surface area contributed by atoms with Crippen molar-refractivity contribution in [2.45, 2.75) is 37.6 Å². The molecule has 2 N–H and O–H groups in total. The molecule has 0 radical (unpaired) electrons. The number of nitrogens with one attached hydrogen (secondary N) is 2. The molecule has 0 bridgehead atoms. The highest BCUT2D eigenvalue weighted by atomic mass is 16.1. The van der Waals surface area contributed by atoms with Gasteiger partial charge in [0.15, 0.2) is 0 Å². The Morgan fingerprint density at radius 3 is 2.72 bits per heavy atom. The van der Waals surface area contributed by atoms with Crippen molar-refractivity contribution in [2.75, 3.05) is 25.5 Å². The van der Waals surface area contributed by atoms with Crippen molar-refractivity contribution < 1.29 is 0 Å². The maximum atomic E-state index is 11.6. The maximum absolute atomic E-state index is 11.6. The van der Waals surface area contributed by atoms with Gasteiger partial charge in [0.25, 0.3) is 5.56 Å². The molecule has 2 aliphatic rings. The van der Waals surface area contributed by atoms with Crippen LogP contribution in [0.5, 0.6) is 0 Å². The van der Waals surface area contributed by atoms with E-state index in [1.165, 1.54) is 0 Å². The average Bonchev–Trinajstić information content (AvgIpc) is 3.15. The summed E-state index contributed by atoms with van der Waals surface area (Å²) in [6.07, 6.45) is 4.54. The minimum Gasteiger partial charge on any atom is -0.367 e. The van der Waals surface area contributed by atoms with Gasteiger partial charge in [-0.3, -0.25) is 4.79 Å². The van der Waals surface area contributed by atoms with Gasteiger partial charge in [0.1, 0.15) is 11.6 Å².